The summed E-state index contributed by atoms with van der Waals surface area (Å²) in [5.41, 5.74) is 8.99. The summed E-state index contributed by atoms with van der Waals surface area (Å²) in [6.45, 7) is 0. The van der Waals surface area contributed by atoms with Crippen LogP contribution in [0, 0.1) is 0 Å². The van der Waals surface area contributed by atoms with E-state index >= 15 is 0 Å². The first-order chi connectivity index (χ1) is 10.8. The second-order valence-corrected chi connectivity index (χ2v) is 5.12. The van der Waals surface area contributed by atoms with Crippen LogP contribution in [0.2, 0.25) is 0 Å². The molecule has 4 N–H and O–H groups in total. The molecule has 1 aliphatic heterocycles. The van der Waals surface area contributed by atoms with Crippen molar-refractivity contribution in [3.63, 3.8) is 0 Å². The molecule has 0 radical (unpaired) electrons. The number of guanidine groups is 1. The molecule has 0 saturated heterocycles. The Hall–Kier alpha value is -3.02. The maximum atomic E-state index is 5.96. The number of aromatic nitrogens is 2. The molecule has 2 heterocycles. The Labute approximate surface area is 127 Å². The van der Waals surface area contributed by atoms with Crippen LogP contribution in [0.4, 0.5) is 5.95 Å². The number of nitrogens with one attached hydrogen (secondary N) is 2. The molecule has 0 fully saturated rings. The van der Waals surface area contributed by atoms with E-state index in [0.717, 1.165) is 28.3 Å². The predicted molar refractivity (Wildman–Crippen MR) is 84.9 cm³/mol. The van der Waals surface area contributed by atoms with E-state index in [1.807, 2.05) is 42.5 Å². The van der Waals surface area contributed by atoms with Crippen LogP contribution in [0.15, 0.2) is 53.5 Å². The van der Waals surface area contributed by atoms with Crippen molar-refractivity contribution in [3.8, 4) is 5.75 Å². The average molecular weight is 294 g/mol. The van der Waals surface area contributed by atoms with E-state index in [-0.39, 0.29) is 6.17 Å². The van der Waals surface area contributed by atoms with Crippen LogP contribution in [0.1, 0.15) is 11.7 Å². The maximum Gasteiger partial charge on any atom is 0.365 e. The van der Waals surface area contributed by atoms with Crippen molar-refractivity contribution >= 4 is 22.9 Å². The van der Waals surface area contributed by atoms with Gasteiger partial charge in [-0.2, -0.15) is 4.99 Å². The molecule has 0 spiro atoms. The quantitative estimate of drug-likeness (QED) is 0.630. The molecule has 0 unspecified atom stereocenters. The van der Waals surface area contributed by atoms with Crippen LogP contribution in [0.3, 0.4) is 0 Å². The van der Waals surface area contributed by atoms with Crippen LogP contribution in [-0.2, 0) is 0 Å². The Morgan fingerprint density at radius 3 is 2.77 bits per heavy atom. The summed E-state index contributed by atoms with van der Waals surface area (Å²) in [7, 11) is 1.66. The lowest BCUT2D eigenvalue weighted by Crippen LogP contribution is -2.48. The van der Waals surface area contributed by atoms with Crippen molar-refractivity contribution in [2.75, 3.05) is 12.4 Å². The number of nitrogens with zero attached hydrogens (tertiary/aromatic N) is 2. The van der Waals surface area contributed by atoms with Gasteiger partial charge in [0.1, 0.15) is 16.8 Å². The van der Waals surface area contributed by atoms with Crippen LogP contribution in [0.25, 0.3) is 11.0 Å². The molecule has 0 bridgehead atoms. The summed E-state index contributed by atoms with van der Waals surface area (Å²) < 4.78 is 7.57. The van der Waals surface area contributed by atoms with Gasteiger partial charge in [-0.3, -0.25) is 0 Å². The molecule has 2 aromatic carbocycles. The fourth-order valence-corrected chi connectivity index (χ4v) is 2.87. The second kappa shape index (κ2) is 4.77. The summed E-state index contributed by atoms with van der Waals surface area (Å²) in [5, 5.41) is 3.08. The molecule has 6 nitrogen and oxygen atoms in total. The Morgan fingerprint density at radius 1 is 1.14 bits per heavy atom. The summed E-state index contributed by atoms with van der Waals surface area (Å²) in [5.74, 6) is 1.97. The standard InChI is InChI=1S/C16H15N5O/c1-22-13-9-5-2-6-10(13)14-19-15(17)20-16-18-11-7-3-4-8-12(11)21(14)16/h2-9,14H,1H3,(H3,17,18,19,20)/p+1/t14-/m1/s1. The highest BCUT2D eigenvalue weighted by molar-refractivity contribution is 5.92. The topological polar surface area (TPSA) is 79.3 Å². The van der Waals surface area contributed by atoms with Gasteiger partial charge in [-0.25, -0.2) is 14.9 Å². The number of benzene rings is 2. The van der Waals surface area contributed by atoms with Gasteiger partial charge < -0.3 is 10.5 Å². The van der Waals surface area contributed by atoms with Gasteiger partial charge in [-0.1, -0.05) is 24.3 Å². The number of anilines is 1. The molecule has 1 aliphatic rings. The molecular formula is C16H16N5O+. The molecule has 0 saturated carbocycles. The molecule has 4 rings (SSSR count). The summed E-state index contributed by atoms with van der Waals surface area (Å²) in [6, 6.07) is 15.9. The first-order valence-electron chi connectivity index (χ1n) is 7.03. The summed E-state index contributed by atoms with van der Waals surface area (Å²) in [4.78, 5) is 7.90. The Balaban J connectivity index is 1.98. The number of H-pyrrole nitrogens is 1. The highest BCUT2D eigenvalue weighted by atomic mass is 16.5. The average Bonchev–Trinajstić information content (AvgIpc) is 2.92. The van der Waals surface area contributed by atoms with Crippen LogP contribution < -0.4 is 20.4 Å². The molecule has 0 aliphatic carbocycles. The van der Waals surface area contributed by atoms with E-state index in [1.165, 1.54) is 0 Å². The van der Waals surface area contributed by atoms with Crippen molar-refractivity contribution in [3.05, 3.63) is 54.1 Å². The van der Waals surface area contributed by atoms with Gasteiger partial charge in [0, 0.05) is 0 Å². The molecule has 0 amide bonds. The molecule has 1 aromatic heterocycles. The van der Waals surface area contributed by atoms with Gasteiger partial charge in [0.05, 0.1) is 12.7 Å². The van der Waals surface area contributed by atoms with Crippen molar-refractivity contribution in [2.45, 2.75) is 6.17 Å². The van der Waals surface area contributed by atoms with E-state index in [4.69, 9.17) is 10.5 Å². The number of methoxy groups -OCH3 is 1. The minimum absolute atomic E-state index is 0.274. The minimum atomic E-state index is -0.274. The third-order valence-electron chi connectivity index (χ3n) is 3.83. The number of hydrogen-bond acceptors (Lipinski definition) is 4. The third kappa shape index (κ3) is 1.81. The first kappa shape index (κ1) is 12.7. The number of aliphatic imine (C=N–C) groups is 1. The van der Waals surface area contributed by atoms with Crippen LogP contribution >= 0.6 is 0 Å². The zero-order valence-corrected chi connectivity index (χ0v) is 12.1. The molecular weight excluding hydrogens is 278 g/mol. The molecule has 1 atom stereocenters. The lowest BCUT2D eigenvalue weighted by molar-refractivity contribution is -0.674. The van der Waals surface area contributed by atoms with Gasteiger partial charge in [-0.15, -0.1) is 0 Å². The molecule has 6 heteroatoms. The summed E-state index contributed by atoms with van der Waals surface area (Å²) >= 11 is 0. The van der Waals surface area contributed by atoms with Gasteiger partial charge in [0.2, 0.25) is 6.17 Å². The zero-order chi connectivity index (χ0) is 15.1. The first-order valence-corrected chi connectivity index (χ1v) is 7.03. The number of fused-ring (bicyclic) bond motifs is 3. The number of para-hydroxylation sites is 3. The van der Waals surface area contributed by atoms with E-state index in [0.29, 0.717) is 5.96 Å². The zero-order valence-electron chi connectivity index (χ0n) is 12.1. The highest BCUT2D eigenvalue weighted by Gasteiger charge is 2.32. The van der Waals surface area contributed by atoms with Crippen molar-refractivity contribution < 1.29 is 9.30 Å². The van der Waals surface area contributed by atoms with Gasteiger partial charge in [-0.05, 0) is 24.3 Å². The van der Waals surface area contributed by atoms with Gasteiger partial charge >= 0.3 is 5.95 Å². The highest BCUT2D eigenvalue weighted by Crippen LogP contribution is 2.29. The fourth-order valence-electron chi connectivity index (χ4n) is 2.87. The van der Waals surface area contributed by atoms with Crippen molar-refractivity contribution in [1.29, 1.82) is 0 Å². The Morgan fingerprint density at radius 2 is 1.91 bits per heavy atom. The predicted octanol–water partition coefficient (Wildman–Crippen LogP) is 1.75. The fraction of sp³-hybridized carbons (Fsp3) is 0.125. The van der Waals surface area contributed by atoms with Gasteiger partial charge in [0.25, 0.3) is 5.96 Å². The normalized spacial score (nSPS) is 16.8. The SMILES string of the molecule is COc1ccccc1[C@@H]1N=C(N)Nc2[nH]c3ccccc3[n+]21. The van der Waals surface area contributed by atoms with E-state index in [9.17, 15) is 0 Å². The number of hydrogen-bond donors (Lipinski definition) is 3. The lowest BCUT2D eigenvalue weighted by Gasteiger charge is -2.19. The molecule has 110 valence electrons. The Kier molecular flexibility index (Phi) is 2.75. The smallest absolute Gasteiger partial charge is 0.365 e. The third-order valence-corrected chi connectivity index (χ3v) is 3.83. The second-order valence-electron chi connectivity index (χ2n) is 5.12. The Bertz CT molecular complexity index is 883. The number of rotatable bonds is 2. The van der Waals surface area contributed by atoms with Crippen LogP contribution in [-0.4, -0.2) is 18.1 Å². The molecule has 22 heavy (non-hydrogen) atoms. The number of aromatic amines is 1. The minimum Gasteiger partial charge on any atom is -0.496 e. The van der Waals surface area contributed by atoms with Crippen molar-refractivity contribution in [1.82, 2.24) is 4.98 Å². The van der Waals surface area contributed by atoms with E-state index in [2.05, 4.69) is 25.9 Å². The number of nitrogens with two attached hydrogens (primary N) is 1. The lowest BCUT2D eigenvalue weighted by atomic mass is 10.1. The van der Waals surface area contributed by atoms with E-state index < -0.39 is 0 Å². The van der Waals surface area contributed by atoms with E-state index in [1.54, 1.807) is 7.11 Å². The maximum absolute atomic E-state index is 5.96. The van der Waals surface area contributed by atoms with Crippen molar-refractivity contribution in [2.24, 2.45) is 10.7 Å². The van der Waals surface area contributed by atoms with Gasteiger partial charge in [0.15, 0.2) is 0 Å². The number of imidazole rings is 1. The number of ether oxygens (including phenoxy) is 1. The largest absolute Gasteiger partial charge is 0.496 e. The van der Waals surface area contributed by atoms with Crippen LogP contribution in [0.5, 0.6) is 5.75 Å². The summed E-state index contributed by atoms with van der Waals surface area (Å²) in [6.07, 6.45) is -0.274. The monoisotopic (exact) mass is 294 g/mol. The molecule has 3 aromatic rings.